The molecule has 2 amide bonds. The number of H-pyrrole nitrogens is 1. The van der Waals surface area contributed by atoms with Crippen molar-refractivity contribution in [2.75, 3.05) is 26.2 Å². The second-order valence-corrected chi connectivity index (χ2v) is 7.31. The van der Waals surface area contributed by atoms with Gasteiger partial charge >= 0.3 is 0 Å². The van der Waals surface area contributed by atoms with Crippen molar-refractivity contribution in [1.82, 2.24) is 14.8 Å². The van der Waals surface area contributed by atoms with Gasteiger partial charge in [0.05, 0.1) is 10.6 Å². The van der Waals surface area contributed by atoms with Crippen molar-refractivity contribution >= 4 is 23.2 Å². The molecule has 0 spiro atoms. The summed E-state index contributed by atoms with van der Waals surface area (Å²) >= 11 is 1.53. The van der Waals surface area contributed by atoms with Crippen LogP contribution in [0.2, 0.25) is 0 Å². The number of aromatic nitrogens is 1. The number of hydrogen-bond donors (Lipinski definition) is 1. The van der Waals surface area contributed by atoms with Crippen LogP contribution in [0.5, 0.6) is 0 Å². The highest BCUT2D eigenvalue weighted by Crippen LogP contribution is 2.21. The molecule has 1 aliphatic rings. The number of pyridine rings is 1. The summed E-state index contributed by atoms with van der Waals surface area (Å²) in [5.41, 5.74) is 0.476. The number of amides is 2. The molecule has 6 nitrogen and oxygen atoms in total. The zero-order valence-corrected chi connectivity index (χ0v) is 15.1. The third-order valence-electron chi connectivity index (χ3n) is 4.30. The lowest BCUT2D eigenvalue weighted by Crippen LogP contribution is -2.52. The first-order chi connectivity index (χ1) is 12.0. The van der Waals surface area contributed by atoms with Gasteiger partial charge in [-0.15, -0.1) is 11.3 Å². The van der Waals surface area contributed by atoms with Crippen LogP contribution in [0.4, 0.5) is 0 Å². The molecule has 0 aliphatic carbocycles. The lowest BCUT2D eigenvalue weighted by atomic mass is 10.1. The average molecular weight is 359 g/mol. The maximum atomic E-state index is 12.6. The summed E-state index contributed by atoms with van der Waals surface area (Å²) in [6.07, 6.45) is 0. The number of aromatic amines is 1. The Morgan fingerprint density at radius 3 is 2.32 bits per heavy atom. The van der Waals surface area contributed by atoms with Gasteiger partial charge in [0.25, 0.3) is 11.5 Å². The minimum atomic E-state index is -0.378. The van der Waals surface area contributed by atoms with Gasteiger partial charge in [-0.3, -0.25) is 14.4 Å². The third-order valence-corrected chi connectivity index (χ3v) is 5.20. The predicted molar refractivity (Wildman–Crippen MR) is 97.7 cm³/mol. The maximum Gasteiger partial charge on any atom is 0.261 e. The molecule has 3 heterocycles. The number of carbonyl (C=O) groups is 2. The number of rotatable bonds is 3. The molecule has 0 aromatic carbocycles. The van der Waals surface area contributed by atoms with E-state index in [1.54, 1.807) is 21.9 Å². The smallest absolute Gasteiger partial charge is 0.261 e. The van der Waals surface area contributed by atoms with Gasteiger partial charge in [0, 0.05) is 32.1 Å². The molecule has 3 rings (SSSR count). The van der Waals surface area contributed by atoms with Crippen LogP contribution in [0.25, 0.3) is 10.6 Å². The normalized spacial score (nSPS) is 14.8. The SMILES string of the molecule is CC(C)C(=O)N1CCN(C(=O)c2ccc(-c3cccs3)[nH]c2=O)CC1. The van der Waals surface area contributed by atoms with Gasteiger partial charge in [-0.2, -0.15) is 0 Å². The van der Waals surface area contributed by atoms with Crippen LogP contribution < -0.4 is 5.56 Å². The van der Waals surface area contributed by atoms with E-state index in [1.807, 2.05) is 31.4 Å². The van der Waals surface area contributed by atoms with E-state index in [0.29, 0.717) is 31.9 Å². The van der Waals surface area contributed by atoms with Crippen LogP contribution in [0.3, 0.4) is 0 Å². The monoisotopic (exact) mass is 359 g/mol. The average Bonchev–Trinajstić information content (AvgIpc) is 3.15. The summed E-state index contributed by atoms with van der Waals surface area (Å²) in [5, 5.41) is 1.94. The van der Waals surface area contributed by atoms with E-state index in [0.717, 1.165) is 4.88 Å². The van der Waals surface area contributed by atoms with Gasteiger partial charge in [-0.05, 0) is 23.6 Å². The number of piperazine rings is 1. The molecule has 0 unspecified atom stereocenters. The van der Waals surface area contributed by atoms with Crippen LogP contribution in [0.15, 0.2) is 34.4 Å². The first-order valence-electron chi connectivity index (χ1n) is 8.32. The number of hydrogen-bond acceptors (Lipinski definition) is 4. The molecule has 0 atom stereocenters. The Balaban J connectivity index is 1.70. The van der Waals surface area contributed by atoms with Crippen molar-refractivity contribution in [3.05, 3.63) is 45.6 Å². The predicted octanol–water partition coefficient (Wildman–Crippen LogP) is 2.04. The molecule has 1 aliphatic heterocycles. The molecular formula is C18H21N3O3S. The second kappa shape index (κ2) is 7.23. The minimum absolute atomic E-state index is 0.0464. The lowest BCUT2D eigenvalue weighted by Gasteiger charge is -2.35. The zero-order valence-electron chi connectivity index (χ0n) is 14.3. The van der Waals surface area contributed by atoms with Crippen molar-refractivity contribution in [2.45, 2.75) is 13.8 Å². The third kappa shape index (κ3) is 3.66. The molecule has 1 saturated heterocycles. The van der Waals surface area contributed by atoms with E-state index in [4.69, 9.17) is 0 Å². The Morgan fingerprint density at radius 2 is 1.76 bits per heavy atom. The Morgan fingerprint density at radius 1 is 1.08 bits per heavy atom. The molecule has 25 heavy (non-hydrogen) atoms. The highest BCUT2D eigenvalue weighted by molar-refractivity contribution is 7.13. The number of carbonyl (C=O) groups excluding carboxylic acids is 2. The zero-order chi connectivity index (χ0) is 18.0. The highest BCUT2D eigenvalue weighted by atomic mass is 32.1. The van der Waals surface area contributed by atoms with E-state index < -0.39 is 0 Å². The van der Waals surface area contributed by atoms with E-state index in [1.165, 1.54) is 11.3 Å². The Labute approximate surface area is 150 Å². The number of thiophene rings is 1. The standard InChI is InChI=1S/C18H21N3O3S/c1-12(2)17(23)20-7-9-21(10-8-20)18(24)13-5-6-14(19-16(13)22)15-4-3-11-25-15/h3-6,11-12H,7-10H2,1-2H3,(H,19,22). The summed E-state index contributed by atoms with van der Waals surface area (Å²) in [6, 6.07) is 7.18. The minimum Gasteiger partial charge on any atom is -0.339 e. The van der Waals surface area contributed by atoms with E-state index >= 15 is 0 Å². The van der Waals surface area contributed by atoms with Gasteiger partial charge in [-0.25, -0.2) is 0 Å². The summed E-state index contributed by atoms with van der Waals surface area (Å²) in [6.45, 7) is 5.65. The van der Waals surface area contributed by atoms with Crippen molar-refractivity contribution in [3.8, 4) is 10.6 Å². The van der Waals surface area contributed by atoms with Gasteiger partial charge in [-0.1, -0.05) is 19.9 Å². The van der Waals surface area contributed by atoms with E-state index in [-0.39, 0.29) is 28.9 Å². The fourth-order valence-corrected chi connectivity index (χ4v) is 3.59. The molecule has 2 aromatic heterocycles. The number of nitrogens with one attached hydrogen (secondary N) is 1. The highest BCUT2D eigenvalue weighted by Gasteiger charge is 2.27. The molecule has 2 aromatic rings. The van der Waals surface area contributed by atoms with Gasteiger partial charge < -0.3 is 14.8 Å². The molecule has 0 saturated carbocycles. The fraction of sp³-hybridized carbons (Fsp3) is 0.389. The van der Waals surface area contributed by atoms with Crippen molar-refractivity contribution in [2.24, 2.45) is 5.92 Å². The molecule has 7 heteroatoms. The maximum absolute atomic E-state index is 12.6. The summed E-state index contributed by atoms with van der Waals surface area (Å²) in [5.74, 6) is -0.226. The molecule has 1 fully saturated rings. The largest absolute Gasteiger partial charge is 0.339 e. The van der Waals surface area contributed by atoms with Crippen LogP contribution in [0, 0.1) is 5.92 Å². The van der Waals surface area contributed by atoms with Crippen molar-refractivity contribution in [3.63, 3.8) is 0 Å². The van der Waals surface area contributed by atoms with E-state index in [2.05, 4.69) is 4.98 Å². The van der Waals surface area contributed by atoms with Crippen LogP contribution in [0.1, 0.15) is 24.2 Å². The van der Waals surface area contributed by atoms with Crippen LogP contribution in [-0.2, 0) is 4.79 Å². The fourth-order valence-electron chi connectivity index (χ4n) is 2.88. The van der Waals surface area contributed by atoms with E-state index in [9.17, 15) is 14.4 Å². The second-order valence-electron chi connectivity index (χ2n) is 6.36. The molecule has 0 bridgehead atoms. The van der Waals surface area contributed by atoms with Gasteiger partial charge in [0.2, 0.25) is 5.91 Å². The number of nitrogens with zero attached hydrogens (tertiary/aromatic N) is 2. The lowest BCUT2D eigenvalue weighted by molar-refractivity contribution is -0.135. The van der Waals surface area contributed by atoms with Crippen molar-refractivity contribution in [1.29, 1.82) is 0 Å². The van der Waals surface area contributed by atoms with Crippen LogP contribution >= 0.6 is 11.3 Å². The summed E-state index contributed by atoms with van der Waals surface area (Å²) in [4.78, 5) is 44.1. The van der Waals surface area contributed by atoms with Crippen LogP contribution in [-0.4, -0.2) is 52.8 Å². The topological polar surface area (TPSA) is 73.5 Å². The Kier molecular flexibility index (Phi) is 5.03. The molecule has 0 radical (unpaired) electrons. The Bertz CT molecular complexity index is 818. The first-order valence-corrected chi connectivity index (χ1v) is 9.20. The summed E-state index contributed by atoms with van der Waals surface area (Å²) in [7, 11) is 0. The molecule has 1 N–H and O–H groups in total. The Hall–Kier alpha value is -2.41. The molecule has 132 valence electrons. The van der Waals surface area contributed by atoms with Gasteiger partial charge in [0.15, 0.2) is 0 Å². The first kappa shape index (κ1) is 17.4. The quantitative estimate of drug-likeness (QED) is 0.911. The van der Waals surface area contributed by atoms with Crippen molar-refractivity contribution < 1.29 is 9.59 Å². The van der Waals surface area contributed by atoms with Gasteiger partial charge in [0.1, 0.15) is 5.56 Å². The molecular weight excluding hydrogens is 338 g/mol. The summed E-state index contributed by atoms with van der Waals surface area (Å²) < 4.78 is 0.